The zero-order valence-corrected chi connectivity index (χ0v) is 18.9. The molecule has 0 fully saturated rings. The van der Waals surface area contributed by atoms with Gasteiger partial charge in [0.15, 0.2) is 0 Å². The monoisotopic (exact) mass is 469 g/mol. The van der Waals surface area contributed by atoms with Crippen LogP contribution in [0.2, 0.25) is 5.02 Å². The van der Waals surface area contributed by atoms with Crippen LogP contribution in [-0.2, 0) is 35.1 Å². The van der Waals surface area contributed by atoms with E-state index in [1.165, 1.54) is 31.4 Å². The number of esters is 1. The minimum atomic E-state index is -3.59. The summed E-state index contributed by atoms with van der Waals surface area (Å²) < 4.78 is 56.1. The van der Waals surface area contributed by atoms with Gasteiger partial charge in [0.2, 0.25) is 10.0 Å². The summed E-state index contributed by atoms with van der Waals surface area (Å²) in [4.78, 5) is 11.5. The van der Waals surface area contributed by atoms with Gasteiger partial charge in [-0.25, -0.2) is 13.1 Å². The molecule has 0 aliphatic heterocycles. The fourth-order valence-electron chi connectivity index (χ4n) is 2.91. The SMILES string of the molecule is COC(=O)CCC(CCCCNS(=O)(=O)c1ccc(Cl)cc1)CC(C)OS(=O)O. The van der Waals surface area contributed by atoms with E-state index in [2.05, 4.69) is 9.46 Å². The first-order valence-corrected chi connectivity index (χ1v) is 12.1. The van der Waals surface area contributed by atoms with E-state index >= 15 is 0 Å². The van der Waals surface area contributed by atoms with Gasteiger partial charge in [-0.1, -0.05) is 24.4 Å². The first-order chi connectivity index (χ1) is 13.6. The molecular weight excluding hydrogens is 442 g/mol. The van der Waals surface area contributed by atoms with Gasteiger partial charge in [-0.3, -0.25) is 13.5 Å². The Hall–Kier alpha value is -1.04. The maximum atomic E-state index is 12.2. The number of methoxy groups -OCH3 is 1. The number of hydrogen-bond acceptors (Lipinski definition) is 6. The molecule has 0 bridgehead atoms. The highest BCUT2D eigenvalue weighted by Gasteiger charge is 2.18. The van der Waals surface area contributed by atoms with Crippen LogP contribution in [0.25, 0.3) is 0 Å². The van der Waals surface area contributed by atoms with Gasteiger partial charge < -0.3 is 4.74 Å². The molecule has 11 heteroatoms. The Balaban J connectivity index is 2.46. The number of carbonyl (C=O) groups is 1. The lowest BCUT2D eigenvalue weighted by Gasteiger charge is -2.19. The van der Waals surface area contributed by atoms with Crippen molar-refractivity contribution < 1.29 is 30.9 Å². The van der Waals surface area contributed by atoms with Crippen molar-refractivity contribution in [2.45, 2.75) is 56.4 Å². The average molecular weight is 470 g/mol. The van der Waals surface area contributed by atoms with Crippen molar-refractivity contribution >= 4 is 39.0 Å². The first kappa shape index (κ1) is 26.0. The summed E-state index contributed by atoms with van der Waals surface area (Å²) in [5, 5.41) is 0.463. The van der Waals surface area contributed by atoms with Crippen LogP contribution in [0.4, 0.5) is 0 Å². The molecular formula is C18H28ClNO7S2. The van der Waals surface area contributed by atoms with Crippen LogP contribution in [-0.4, -0.2) is 42.9 Å². The van der Waals surface area contributed by atoms with Crippen LogP contribution in [0.3, 0.4) is 0 Å². The minimum Gasteiger partial charge on any atom is -0.469 e. The molecule has 0 radical (unpaired) electrons. The largest absolute Gasteiger partial charge is 0.469 e. The molecule has 0 amide bonds. The summed E-state index contributed by atoms with van der Waals surface area (Å²) in [6.07, 6.45) is 2.96. The molecule has 166 valence electrons. The third kappa shape index (κ3) is 11.1. The predicted molar refractivity (Wildman–Crippen MR) is 111 cm³/mol. The summed E-state index contributed by atoms with van der Waals surface area (Å²) >= 11 is 3.43. The van der Waals surface area contributed by atoms with Gasteiger partial charge in [0, 0.05) is 18.0 Å². The third-order valence-corrected chi connectivity index (χ3v) is 6.57. The molecule has 0 spiro atoms. The van der Waals surface area contributed by atoms with Gasteiger partial charge >= 0.3 is 17.3 Å². The molecule has 0 aromatic heterocycles. The summed E-state index contributed by atoms with van der Waals surface area (Å²) in [5.74, 6) is -0.231. The van der Waals surface area contributed by atoms with Gasteiger partial charge in [-0.05, 0) is 56.4 Å². The average Bonchev–Trinajstić information content (AvgIpc) is 2.64. The normalized spacial score (nSPS) is 14.9. The lowest BCUT2D eigenvalue weighted by Crippen LogP contribution is -2.25. The van der Waals surface area contributed by atoms with E-state index in [1.807, 2.05) is 0 Å². The number of carbonyl (C=O) groups excluding carboxylic acids is 1. The second-order valence-electron chi connectivity index (χ2n) is 6.69. The minimum absolute atomic E-state index is 0.0838. The molecule has 29 heavy (non-hydrogen) atoms. The molecule has 1 aromatic carbocycles. The van der Waals surface area contributed by atoms with Crippen LogP contribution in [0.1, 0.15) is 45.4 Å². The van der Waals surface area contributed by atoms with Crippen molar-refractivity contribution in [2.75, 3.05) is 13.7 Å². The highest BCUT2D eigenvalue weighted by molar-refractivity contribution is 7.89. The number of unbranched alkanes of at least 4 members (excludes halogenated alkanes) is 1. The summed E-state index contributed by atoms with van der Waals surface area (Å²) in [5.41, 5.74) is 0. The van der Waals surface area contributed by atoms with Crippen molar-refractivity contribution in [1.29, 1.82) is 0 Å². The van der Waals surface area contributed by atoms with Crippen molar-refractivity contribution in [3.05, 3.63) is 29.3 Å². The van der Waals surface area contributed by atoms with Gasteiger partial charge in [0.1, 0.15) is 0 Å². The quantitative estimate of drug-likeness (QED) is 0.244. The Morgan fingerprint density at radius 2 is 1.90 bits per heavy atom. The van der Waals surface area contributed by atoms with Gasteiger partial charge in [0.25, 0.3) is 0 Å². The summed E-state index contributed by atoms with van der Waals surface area (Å²) in [6.45, 7) is 1.97. The molecule has 1 rings (SSSR count). The highest BCUT2D eigenvalue weighted by Crippen LogP contribution is 2.22. The van der Waals surface area contributed by atoms with E-state index < -0.39 is 27.5 Å². The topological polar surface area (TPSA) is 119 Å². The summed E-state index contributed by atoms with van der Waals surface area (Å²) in [6, 6.07) is 5.93. The number of nitrogens with one attached hydrogen (secondary N) is 1. The first-order valence-electron chi connectivity index (χ1n) is 9.24. The van der Waals surface area contributed by atoms with E-state index in [1.54, 1.807) is 6.92 Å². The molecule has 0 saturated carbocycles. The number of sulfonamides is 1. The second kappa shape index (κ2) is 13.3. The van der Waals surface area contributed by atoms with Crippen molar-refractivity contribution in [3.8, 4) is 0 Å². The smallest absolute Gasteiger partial charge is 0.305 e. The molecule has 8 nitrogen and oxygen atoms in total. The number of ether oxygens (including phenoxy) is 1. The Kier molecular flexibility index (Phi) is 11.9. The second-order valence-corrected chi connectivity index (χ2v) is 9.52. The maximum Gasteiger partial charge on any atom is 0.305 e. The lowest BCUT2D eigenvalue weighted by atomic mass is 9.91. The van der Waals surface area contributed by atoms with Crippen molar-refractivity contribution in [2.24, 2.45) is 5.92 Å². The lowest BCUT2D eigenvalue weighted by molar-refractivity contribution is -0.141. The van der Waals surface area contributed by atoms with Gasteiger partial charge in [-0.2, -0.15) is 4.21 Å². The molecule has 3 unspecified atom stereocenters. The molecule has 0 aliphatic carbocycles. The van der Waals surface area contributed by atoms with E-state index in [-0.39, 0.29) is 29.7 Å². The van der Waals surface area contributed by atoms with E-state index in [0.29, 0.717) is 24.3 Å². The van der Waals surface area contributed by atoms with Crippen LogP contribution >= 0.6 is 11.6 Å². The molecule has 3 atom stereocenters. The van der Waals surface area contributed by atoms with Gasteiger partial charge in [-0.15, -0.1) is 0 Å². The Bertz CT molecular complexity index is 756. The van der Waals surface area contributed by atoms with Gasteiger partial charge in [0.05, 0.1) is 18.1 Å². The number of benzene rings is 1. The molecule has 1 aromatic rings. The summed E-state index contributed by atoms with van der Waals surface area (Å²) in [7, 11) is -2.26. The van der Waals surface area contributed by atoms with Crippen LogP contribution in [0, 0.1) is 5.92 Å². The van der Waals surface area contributed by atoms with E-state index in [4.69, 9.17) is 20.3 Å². The zero-order chi connectivity index (χ0) is 21.9. The maximum absolute atomic E-state index is 12.2. The Morgan fingerprint density at radius 3 is 2.48 bits per heavy atom. The fourth-order valence-corrected chi connectivity index (χ4v) is 4.47. The number of halogens is 1. The van der Waals surface area contributed by atoms with Crippen molar-refractivity contribution in [3.63, 3.8) is 0 Å². The standard InChI is InChI=1S/C18H28ClNO7S2/c1-14(27-28(22)23)13-15(6-11-18(21)26-2)5-3-4-12-20-29(24,25)17-9-7-16(19)8-10-17/h7-10,14-15,20H,3-6,11-13H2,1-2H3,(H,22,23). The molecule has 2 N–H and O–H groups in total. The predicted octanol–water partition coefficient (Wildman–Crippen LogP) is 3.29. The Labute approximate surface area is 179 Å². The van der Waals surface area contributed by atoms with Crippen LogP contribution in [0.15, 0.2) is 29.2 Å². The van der Waals surface area contributed by atoms with Crippen molar-refractivity contribution in [1.82, 2.24) is 4.72 Å². The number of rotatable bonds is 14. The fraction of sp³-hybridized carbons (Fsp3) is 0.611. The van der Waals surface area contributed by atoms with Crippen LogP contribution in [0.5, 0.6) is 0 Å². The van der Waals surface area contributed by atoms with Crippen LogP contribution < -0.4 is 4.72 Å². The number of hydrogen-bond donors (Lipinski definition) is 2. The molecule has 0 saturated heterocycles. The molecule has 0 aliphatic rings. The zero-order valence-electron chi connectivity index (χ0n) is 16.5. The molecule has 0 heterocycles. The van der Waals surface area contributed by atoms with E-state index in [9.17, 15) is 17.4 Å². The third-order valence-electron chi connectivity index (χ3n) is 4.35. The Morgan fingerprint density at radius 1 is 1.24 bits per heavy atom. The van der Waals surface area contributed by atoms with E-state index in [0.717, 1.165) is 12.8 Å². The highest BCUT2D eigenvalue weighted by atomic mass is 35.5.